The maximum atomic E-state index is 13.3. The average molecular weight is 815 g/mol. The molecule has 320 valence electrons. The van der Waals surface area contributed by atoms with Gasteiger partial charge in [-0.1, -0.05) is 126 Å². The molecule has 0 radical (unpaired) electrons. The van der Waals surface area contributed by atoms with Crippen LogP contribution in [0.4, 0.5) is 11.4 Å². The molecule has 0 aliphatic carbocycles. The van der Waals surface area contributed by atoms with Gasteiger partial charge in [-0.2, -0.15) is 0 Å². The molecule has 0 atom stereocenters. The minimum atomic E-state index is -0.351. The molecular formula is C50H68N7O3+. The summed E-state index contributed by atoms with van der Waals surface area (Å²) in [5, 5.41) is 9.96. The van der Waals surface area contributed by atoms with Gasteiger partial charge >= 0.3 is 0 Å². The predicted molar refractivity (Wildman–Crippen MR) is 248 cm³/mol. The quantitative estimate of drug-likeness (QED) is 0.0402. The molecule has 10 heteroatoms. The van der Waals surface area contributed by atoms with E-state index in [2.05, 4.69) is 48.0 Å². The highest BCUT2D eigenvalue weighted by molar-refractivity contribution is 6.07. The first-order chi connectivity index (χ1) is 29.0. The van der Waals surface area contributed by atoms with Crippen LogP contribution in [0.25, 0.3) is 23.1 Å². The monoisotopic (exact) mass is 815 g/mol. The van der Waals surface area contributed by atoms with E-state index in [1.54, 1.807) is 59.9 Å². The summed E-state index contributed by atoms with van der Waals surface area (Å²) in [4.78, 5) is 44.1. The Kier molecular flexibility index (Phi) is 17.7. The van der Waals surface area contributed by atoms with Crippen LogP contribution >= 0.6 is 0 Å². The summed E-state index contributed by atoms with van der Waals surface area (Å²) in [5.41, 5.74) is 5.24. The molecule has 0 saturated heterocycles. The van der Waals surface area contributed by atoms with Crippen molar-refractivity contribution in [2.24, 2.45) is 14.1 Å². The Morgan fingerprint density at radius 1 is 0.617 bits per heavy atom. The molecule has 0 spiro atoms. The van der Waals surface area contributed by atoms with Gasteiger partial charge < -0.3 is 29.6 Å². The van der Waals surface area contributed by atoms with Crippen LogP contribution in [0, 0.1) is 0 Å². The number of rotatable bonds is 25. The molecule has 5 rings (SSSR count). The molecule has 0 bridgehead atoms. The topological polar surface area (TPSA) is 110 Å². The Labute approximate surface area is 358 Å². The summed E-state index contributed by atoms with van der Waals surface area (Å²) in [5.74, 6) is -0.807. The number of quaternary nitrogens is 1. The zero-order chi connectivity index (χ0) is 42.7. The summed E-state index contributed by atoms with van der Waals surface area (Å²) in [6, 6.07) is 20.7. The molecular weight excluding hydrogens is 747 g/mol. The zero-order valence-corrected chi connectivity index (χ0v) is 36.8. The van der Waals surface area contributed by atoms with E-state index >= 15 is 0 Å². The highest BCUT2D eigenvalue weighted by Gasteiger charge is 2.19. The number of aryl methyl sites for hydroxylation is 2. The normalized spacial score (nSPS) is 11.7. The number of nitrogens with zero attached hydrogens (tertiary/aromatic N) is 4. The van der Waals surface area contributed by atoms with E-state index in [0.717, 1.165) is 39.6 Å². The second-order valence-electron chi connectivity index (χ2n) is 17.0. The standard InChI is InChI=1S/C50H67N7O3/c1-6-7-8-9-10-11-12-13-14-15-16-17-18-21-31-57(4,5)32-30-51-49(59)46-34-44(38-55(46)2)54-50(60)47-35-43(37-56(47)3)53-48(58)41-28-26-39(27-29-41)24-25-40-33-42-22-19-20-23-45(42)52-36-40/h19-20,22-29,33-38H,6-18,21,30-32H2,1-5H3,(H2-,51,53,54,58,59,60)/p+1/b25-24+. The van der Waals surface area contributed by atoms with Crippen molar-refractivity contribution in [3.05, 3.63) is 113 Å². The van der Waals surface area contributed by atoms with Crippen LogP contribution in [0.2, 0.25) is 0 Å². The van der Waals surface area contributed by atoms with Crippen molar-refractivity contribution < 1.29 is 18.9 Å². The Hall–Kier alpha value is -5.48. The Morgan fingerprint density at radius 3 is 1.77 bits per heavy atom. The van der Waals surface area contributed by atoms with Crippen molar-refractivity contribution in [1.29, 1.82) is 0 Å². The molecule has 5 aromatic rings. The fourth-order valence-corrected chi connectivity index (χ4v) is 7.64. The first kappa shape index (κ1) is 45.6. The number of hydrogen-bond donors (Lipinski definition) is 3. The highest BCUT2D eigenvalue weighted by atomic mass is 16.2. The average Bonchev–Trinajstić information content (AvgIpc) is 3.80. The Balaban J connectivity index is 0.992. The number of aromatic nitrogens is 3. The lowest BCUT2D eigenvalue weighted by atomic mass is 10.0. The third-order valence-corrected chi connectivity index (χ3v) is 11.4. The largest absolute Gasteiger partial charge is 0.345 e. The van der Waals surface area contributed by atoms with Gasteiger partial charge in [0, 0.05) is 43.6 Å². The van der Waals surface area contributed by atoms with Gasteiger partial charge in [0.2, 0.25) is 0 Å². The molecule has 60 heavy (non-hydrogen) atoms. The lowest BCUT2D eigenvalue weighted by Gasteiger charge is -2.30. The van der Waals surface area contributed by atoms with Gasteiger partial charge in [-0.15, -0.1) is 0 Å². The SMILES string of the molecule is CCCCCCCCCCCCCCCC[N+](C)(C)CCNC(=O)c1cc(NC(=O)c2cc(NC(=O)c3ccc(/C=C/c4cnc5ccccc5c4)cc3)cn2C)cn1C. The van der Waals surface area contributed by atoms with Crippen LogP contribution < -0.4 is 16.0 Å². The fraction of sp³-hybridized carbons (Fsp3) is 0.440. The number of fused-ring (bicyclic) bond motifs is 1. The number of benzene rings is 2. The van der Waals surface area contributed by atoms with Crippen molar-refractivity contribution in [3.8, 4) is 0 Å². The minimum absolute atomic E-state index is 0.176. The number of para-hydroxylation sites is 1. The van der Waals surface area contributed by atoms with Crippen LogP contribution in [0.3, 0.4) is 0 Å². The lowest BCUT2D eigenvalue weighted by Crippen LogP contribution is -2.46. The zero-order valence-electron chi connectivity index (χ0n) is 36.8. The van der Waals surface area contributed by atoms with Crippen molar-refractivity contribution >= 4 is 52.2 Å². The molecule has 10 nitrogen and oxygen atoms in total. The number of hydrogen-bond acceptors (Lipinski definition) is 4. The summed E-state index contributed by atoms with van der Waals surface area (Å²) in [6.45, 7) is 4.78. The maximum Gasteiger partial charge on any atom is 0.272 e. The van der Waals surface area contributed by atoms with E-state index in [1.807, 2.05) is 54.7 Å². The first-order valence-corrected chi connectivity index (χ1v) is 22.2. The number of pyridine rings is 1. The molecule has 3 N–H and O–H groups in total. The molecule has 0 aliphatic rings. The van der Waals surface area contributed by atoms with E-state index in [9.17, 15) is 14.4 Å². The molecule has 0 fully saturated rings. The van der Waals surface area contributed by atoms with Crippen LogP contribution in [-0.4, -0.2) is 70.1 Å². The van der Waals surface area contributed by atoms with Gasteiger partial charge in [-0.25, -0.2) is 0 Å². The number of nitrogens with one attached hydrogen (secondary N) is 3. The number of anilines is 2. The van der Waals surface area contributed by atoms with Gasteiger partial charge in [0.25, 0.3) is 17.7 Å². The van der Waals surface area contributed by atoms with Crippen LogP contribution in [0.5, 0.6) is 0 Å². The third kappa shape index (κ3) is 14.7. The van der Waals surface area contributed by atoms with E-state index in [0.29, 0.717) is 34.9 Å². The van der Waals surface area contributed by atoms with Crippen molar-refractivity contribution in [1.82, 2.24) is 19.4 Å². The van der Waals surface area contributed by atoms with Crippen LogP contribution in [0.15, 0.2) is 85.3 Å². The molecule has 3 amide bonds. The summed E-state index contributed by atoms with van der Waals surface area (Å²) >= 11 is 0. The smallest absolute Gasteiger partial charge is 0.272 e. The van der Waals surface area contributed by atoms with Gasteiger partial charge in [0.1, 0.15) is 11.4 Å². The van der Waals surface area contributed by atoms with Crippen LogP contribution in [0.1, 0.15) is 139 Å². The molecule has 0 saturated carbocycles. The van der Waals surface area contributed by atoms with Crippen molar-refractivity contribution in [3.63, 3.8) is 0 Å². The van der Waals surface area contributed by atoms with Crippen molar-refractivity contribution in [2.45, 2.75) is 96.8 Å². The molecule has 2 aromatic carbocycles. The maximum absolute atomic E-state index is 13.3. The lowest BCUT2D eigenvalue weighted by molar-refractivity contribution is -0.889. The van der Waals surface area contributed by atoms with Crippen LogP contribution in [-0.2, 0) is 14.1 Å². The fourth-order valence-electron chi connectivity index (χ4n) is 7.64. The molecule has 3 aromatic heterocycles. The number of unbranched alkanes of at least 4 members (excludes halogenated alkanes) is 13. The third-order valence-electron chi connectivity index (χ3n) is 11.4. The Morgan fingerprint density at radius 2 is 1.15 bits per heavy atom. The van der Waals surface area contributed by atoms with Gasteiger partial charge in [-0.3, -0.25) is 19.4 Å². The second-order valence-corrected chi connectivity index (χ2v) is 17.0. The van der Waals surface area contributed by atoms with Gasteiger partial charge in [0.05, 0.1) is 50.6 Å². The van der Waals surface area contributed by atoms with Crippen molar-refractivity contribution in [2.75, 3.05) is 44.4 Å². The Bertz CT molecular complexity index is 2160. The number of carbonyl (C=O) groups excluding carboxylic acids is 3. The van der Waals surface area contributed by atoms with E-state index < -0.39 is 0 Å². The summed E-state index contributed by atoms with van der Waals surface area (Å²) < 4.78 is 4.25. The first-order valence-electron chi connectivity index (χ1n) is 22.2. The number of carbonyl (C=O) groups is 3. The van der Waals surface area contributed by atoms with Gasteiger partial charge in [0.15, 0.2) is 0 Å². The number of likely N-dealkylation sites (N-methyl/N-ethyl adjacent to an activating group) is 1. The molecule has 0 unspecified atom stereocenters. The van der Waals surface area contributed by atoms with E-state index in [-0.39, 0.29) is 17.7 Å². The van der Waals surface area contributed by atoms with E-state index in [4.69, 9.17) is 0 Å². The van der Waals surface area contributed by atoms with Gasteiger partial charge in [-0.05, 0) is 60.4 Å². The highest BCUT2D eigenvalue weighted by Crippen LogP contribution is 2.20. The predicted octanol–water partition coefficient (Wildman–Crippen LogP) is 10.9. The molecule has 3 heterocycles. The van der Waals surface area contributed by atoms with E-state index in [1.165, 1.54) is 89.9 Å². The summed E-state index contributed by atoms with van der Waals surface area (Å²) in [7, 11) is 8.00. The number of amides is 3. The minimum Gasteiger partial charge on any atom is -0.345 e. The summed E-state index contributed by atoms with van der Waals surface area (Å²) in [6.07, 6.45) is 28.3. The molecule has 0 aliphatic heterocycles. The second kappa shape index (κ2) is 23.3.